The SMILES string of the molecule is COc1cc2c(cc1OC)CC(=O)N(CCCNC1CCc3c(cccc3OC)C1)CC2. The summed E-state index contributed by atoms with van der Waals surface area (Å²) >= 11 is 0. The molecule has 1 unspecified atom stereocenters. The second-order valence-corrected chi connectivity index (χ2v) is 8.63. The van der Waals surface area contributed by atoms with Gasteiger partial charge in [0.05, 0.1) is 27.8 Å². The van der Waals surface area contributed by atoms with Gasteiger partial charge in [0.2, 0.25) is 5.91 Å². The maximum absolute atomic E-state index is 12.8. The van der Waals surface area contributed by atoms with E-state index in [9.17, 15) is 4.79 Å². The zero-order valence-corrected chi connectivity index (χ0v) is 19.4. The summed E-state index contributed by atoms with van der Waals surface area (Å²) in [5.74, 6) is 2.61. The van der Waals surface area contributed by atoms with Crippen LogP contribution in [0.5, 0.6) is 17.2 Å². The van der Waals surface area contributed by atoms with Crippen LogP contribution in [0.15, 0.2) is 30.3 Å². The molecule has 4 rings (SSSR count). The van der Waals surface area contributed by atoms with Gasteiger partial charge in [-0.1, -0.05) is 12.1 Å². The Balaban J connectivity index is 1.27. The van der Waals surface area contributed by atoms with E-state index < -0.39 is 0 Å². The summed E-state index contributed by atoms with van der Waals surface area (Å²) in [6.45, 7) is 2.45. The molecule has 6 nitrogen and oxygen atoms in total. The summed E-state index contributed by atoms with van der Waals surface area (Å²) in [5, 5.41) is 3.71. The lowest BCUT2D eigenvalue weighted by Gasteiger charge is -2.27. The Morgan fingerprint density at radius 2 is 1.72 bits per heavy atom. The fourth-order valence-electron chi connectivity index (χ4n) is 4.97. The van der Waals surface area contributed by atoms with Crippen LogP contribution < -0.4 is 19.5 Å². The van der Waals surface area contributed by atoms with Crippen molar-refractivity contribution in [2.45, 2.75) is 44.6 Å². The van der Waals surface area contributed by atoms with Crippen molar-refractivity contribution in [3.05, 3.63) is 52.6 Å². The minimum absolute atomic E-state index is 0.189. The van der Waals surface area contributed by atoms with Gasteiger partial charge in [-0.3, -0.25) is 4.79 Å². The highest BCUT2D eigenvalue weighted by atomic mass is 16.5. The smallest absolute Gasteiger partial charge is 0.227 e. The predicted octanol–water partition coefficient (Wildman–Crippen LogP) is 3.18. The highest BCUT2D eigenvalue weighted by Gasteiger charge is 2.23. The van der Waals surface area contributed by atoms with E-state index in [1.165, 1.54) is 16.7 Å². The van der Waals surface area contributed by atoms with Gasteiger partial charge < -0.3 is 24.4 Å². The van der Waals surface area contributed by atoms with Crippen molar-refractivity contribution in [3.63, 3.8) is 0 Å². The highest BCUT2D eigenvalue weighted by molar-refractivity contribution is 5.80. The molecule has 0 fully saturated rings. The molecule has 1 aliphatic heterocycles. The number of carbonyl (C=O) groups excluding carboxylic acids is 1. The average Bonchev–Trinajstić information content (AvgIpc) is 2.97. The number of rotatable bonds is 8. The summed E-state index contributed by atoms with van der Waals surface area (Å²) in [4.78, 5) is 14.8. The Bertz CT molecular complexity index is 959. The summed E-state index contributed by atoms with van der Waals surface area (Å²) < 4.78 is 16.4. The number of ether oxygens (including phenoxy) is 3. The van der Waals surface area contributed by atoms with Crippen LogP contribution in [-0.4, -0.2) is 57.8 Å². The molecular weight excluding hydrogens is 404 g/mol. The third-order valence-corrected chi connectivity index (χ3v) is 6.75. The number of hydrogen-bond acceptors (Lipinski definition) is 5. The van der Waals surface area contributed by atoms with Crippen LogP contribution in [0.3, 0.4) is 0 Å². The monoisotopic (exact) mass is 438 g/mol. The van der Waals surface area contributed by atoms with Crippen molar-refractivity contribution in [3.8, 4) is 17.2 Å². The highest BCUT2D eigenvalue weighted by Crippen LogP contribution is 2.32. The van der Waals surface area contributed by atoms with Crippen molar-refractivity contribution < 1.29 is 19.0 Å². The topological polar surface area (TPSA) is 60.0 Å². The van der Waals surface area contributed by atoms with E-state index in [0.29, 0.717) is 18.2 Å². The molecule has 2 aliphatic rings. The second-order valence-electron chi connectivity index (χ2n) is 8.63. The molecule has 2 aromatic carbocycles. The first-order valence-corrected chi connectivity index (χ1v) is 11.5. The van der Waals surface area contributed by atoms with E-state index in [1.807, 2.05) is 17.0 Å². The van der Waals surface area contributed by atoms with Crippen LogP contribution in [0, 0.1) is 0 Å². The van der Waals surface area contributed by atoms with Gasteiger partial charge in [-0.2, -0.15) is 0 Å². The number of amides is 1. The normalized spacial score (nSPS) is 17.9. The Morgan fingerprint density at radius 3 is 2.47 bits per heavy atom. The molecule has 32 heavy (non-hydrogen) atoms. The largest absolute Gasteiger partial charge is 0.496 e. The third-order valence-electron chi connectivity index (χ3n) is 6.75. The molecule has 1 aliphatic carbocycles. The molecule has 0 aromatic heterocycles. The molecule has 0 spiro atoms. The zero-order valence-electron chi connectivity index (χ0n) is 19.4. The number of nitrogens with zero attached hydrogens (tertiary/aromatic N) is 1. The Hall–Kier alpha value is -2.73. The van der Waals surface area contributed by atoms with E-state index >= 15 is 0 Å². The number of fused-ring (bicyclic) bond motifs is 2. The van der Waals surface area contributed by atoms with Crippen LogP contribution in [0.2, 0.25) is 0 Å². The Morgan fingerprint density at radius 1 is 0.969 bits per heavy atom. The number of hydrogen-bond donors (Lipinski definition) is 1. The minimum atomic E-state index is 0.189. The van der Waals surface area contributed by atoms with Gasteiger partial charge >= 0.3 is 0 Å². The van der Waals surface area contributed by atoms with E-state index in [0.717, 1.165) is 68.8 Å². The van der Waals surface area contributed by atoms with Crippen molar-refractivity contribution in [1.29, 1.82) is 0 Å². The molecule has 1 amide bonds. The first-order valence-electron chi connectivity index (χ1n) is 11.5. The first-order chi connectivity index (χ1) is 15.6. The standard InChI is InChI=1S/C26H34N2O4/c1-30-23-7-4-6-19-14-21(8-9-22(19)23)27-11-5-12-28-13-10-18-15-24(31-2)25(32-3)16-20(18)17-26(28)29/h4,6-7,15-16,21,27H,5,8-14,17H2,1-3H3. The predicted molar refractivity (Wildman–Crippen MR) is 125 cm³/mol. The maximum atomic E-state index is 12.8. The van der Waals surface area contributed by atoms with E-state index in [2.05, 4.69) is 23.5 Å². The lowest BCUT2D eigenvalue weighted by molar-refractivity contribution is -0.130. The quantitative estimate of drug-likeness (QED) is 0.642. The summed E-state index contributed by atoms with van der Waals surface area (Å²) in [7, 11) is 5.02. The molecular formula is C26H34N2O4. The van der Waals surface area contributed by atoms with Crippen molar-refractivity contribution >= 4 is 5.91 Å². The van der Waals surface area contributed by atoms with Crippen LogP contribution in [0.4, 0.5) is 0 Å². The van der Waals surface area contributed by atoms with Gasteiger partial charge in [-0.15, -0.1) is 0 Å². The molecule has 0 radical (unpaired) electrons. The molecule has 1 atom stereocenters. The lowest BCUT2D eigenvalue weighted by Crippen LogP contribution is -2.38. The van der Waals surface area contributed by atoms with Crippen molar-refractivity contribution in [2.24, 2.45) is 0 Å². The molecule has 172 valence electrons. The van der Waals surface area contributed by atoms with Crippen LogP contribution in [-0.2, 0) is 30.5 Å². The van der Waals surface area contributed by atoms with Crippen molar-refractivity contribution in [1.82, 2.24) is 10.2 Å². The fourth-order valence-corrected chi connectivity index (χ4v) is 4.97. The number of benzene rings is 2. The lowest BCUT2D eigenvalue weighted by atomic mass is 9.87. The van der Waals surface area contributed by atoms with Gasteiger partial charge in [0.1, 0.15) is 5.75 Å². The van der Waals surface area contributed by atoms with E-state index in [-0.39, 0.29) is 5.91 Å². The Labute approximate surface area is 190 Å². The van der Waals surface area contributed by atoms with Gasteiger partial charge in [0.15, 0.2) is 11.5 Å². The van der Waals surface area contributed by atoms with Crippen LogP contribution >= 0.6 is 0 Å². The number of methoxy groups -OCH3 is 3. The molecule has 2 aromatic rings. The van der Waals surface area contributed by atoms with Crippen LogP contribution in [0.1, 0.15) is 35.1 Å². The van der Waals surface area contributed by atoms with Crippen LogP contribution in [0.25, 0.3) is 0 Å². The molecule has 1 N–H and O–H groups in total. The van der Waals surface area contributed by atoms with Gasteiger partial charge in [-0.05, 0) is 79.1 Å². The Kier molecular flexibility index (Phi) is 7.20. The third kappa shape index (κ3) is 4.85. The van der Waals surface area contributed by atoms with Crippen molar-refractivity contribution in [2.75, 3.05) is 41.0 Å². The molecule has 6 heteroatoms. The van der Waals surface area contributed by atoms with Gasteiger partial charge in [-0.25, -0.2) is 0 Å². The number of nitrogens with one attached hydrogen (secondary N) is 1. The fraction of sp³-hybridized carbons (Fsp3) is 0.500. The zero-order chi connectivity index (χ0) is 22.5. The second kappa shape index (κ2) is 10.3. The summed E-state index contributed by atoms with van der Waals surface area (Å²) in [6, 6.07) is 10.8. The first kappa shape index (κ1) is 22.5. The van der Waals surface area contributed by atoms with Gasteiger partial charge in [0.25, 0.3) is 0 Å². The molecule has 0 saturated heterocycles. The number of carbonyl (C=O) groups is 1. The molecule has 0 saturated carbocycles. The minimum Gasteiger partial charge on any atom is -0.496 e. The van der Waals surface area contributed by atoms with Gasteiger partial charge in [0, 0.05) is 19.1 Å². The maximum Gasteiger partial charge on any atom is 0.227 e. The van der Waals surface area contributed by atoms with E-state index in [1.54, 1.807) is 21.3 Å². The summed E-state index contributed by atoms with van der Waals surface area (Å²) in [5.41, 5.74) is 4.97. The van der Waals surface area contributed by atoms with E-state index in [4.69, 9.17) is 14.2 Å². The molecule has 0 bridgehead atoms. The summed E-state index contributed by atoms with van der Waals surface area (Å²) in [6.07, 6.45) is 5.42. The molecule has 1 heterocycles. The average molecular weight is 439 g/mol.